The number of halogens is 1. The zero-order chi connectivity index (χ0) is 10.7. The molecule has 0 aliphatic heterocycles. The summed E-state index contributed by atoms with van der Waals surface area (Å²) < 4.78 is 13.2. The maximum Gasteiger partial charge on any atom is 0.136 e. The molecule has 4 heteroatoms. The van der Waals surface area contributed by atoms with Crippen molar-refractivity contribution in [2.75, 3.05) is 0 Å². The first-order valence-corrected chi connectivity index (χ1v) is 5.30. The molecule has 2 aromatic heterocycles. The third kappa shape index (κ3) is 2.10. The van der Waals surface area contributed by atoms with E-state index in [4.69, 9.17) is 0 Å². The Morgan fingerprint density at radius 2 is 2.07 bits per heavy atom. The summed E-state index contributed by atoms with van der Waals surface area (Å²) in [5, 5.41) is 0. The van der Waals surface area contributed by atoms with Crippen LogP contribution in [0.2, 0.25) is 0 Å². The molecular weight excluding hydrogens is 211 g/mol. The monoisotopic (exact) mass is 220 g/mol. The van der Waals surface area contributed by atoms with E-state index in [0.29, 0.717) is 4.88 Å². The zero-order valence-corrected chi connectivity index (χ0v) is 8.96. The first-order valence-electron chi connectivity index (χ1n) is 4.48. The summed E-state index contributed by atoms with van der Waals surface area (Å²) in [5.41, 5.74) is 0.914. The zero-order valence-electron chi connectivity index (χ0n) is 8.14. The van der Waals surface area contributed by atoms with Crippen LogP contribution in [0.1, 0.15) is 11.8 Å². The summed E-state index contributed by atoms with van der Waals surface area (Å²) in [6.45, 7) is 1.68. The quantitative estimate of drug-likeness (QED) is 0.773. The Bertz CT molecular complexity index is 476. The fraction of sp³-hybridized carbons (Fsp3) is 0.0909. The molecule has 0 aliphatic rings. The maximum atomic E-state index is 13.2. The Morgan fingerprint density at radius 1 is 1.33 bits per heavy atom. The summed E-state index contributed by atoms with van der Waals surface area (Å²) in [6.07, 6.45) is 6.37. The van der Waals surface area contributed by atoms with Gasteiger partial charge < -0.3 is 0 Å². The van der Waals surface area contributed by atoms with Crippen molar-refractivity contribution in [1.29, 1.82) is 0 Å². The van der Waals surface area contributed by atoms with Gasteiger partial charge >= 0.3 is 0 Å². The van der Waals surface area contributed by atoms with Gasteiger partial charge in [0.1, 0.15) is 12.2 Å². The van der Waals surface area contributed by atoms with Gasteiger partial charge in [-0.05, 0) is 19.1 Å². The van der Waals surface area contributed by atoms with Crippen LogP contribution < -0.4 is 0 Å². The minimum atomic E-state index is -0.192. The second kappa shape index (κ2) is 4.31. The van der Waals surface area contributed by atoms with Crippen molar-refractivity contribution in [1.82, 2.24) is 9.97 Å². The molecule has 0 N–H and O–H groups in total. The van der Waals surface area contributed by atoms with Crippen LogP contribution in [-0.4, -0.2) is 9.97 Å². The second-order valence-electron chi connectivity index (χ2n) is 2.93. The van der Waals surface area contributed by atoms with Crippen molar-refractivity contribution in [3.05, 3.63) is 41.8 Å². The molecule has 0 atom stereocenters. The van der Waals surface area contributed by atoms with E-state index in [2.05, 4.69) is 9.97 Å². The minimum absolute atomic E-state index is 0.192. The van der Waals surface area contributed by atoms with E-state index in [1.807, 2.05) is 6.07 Å². The number of hydrogen-bond acceptors (Lipinski definition) is 3. The molecule has 2 nitrogen and oxygen atoms in total. The fourth-order valence-corrected chi connectivity index (χ4v) is 2.14. The normalized spacial score (nSPS) is 11.7. The number of hydrogen-bond donors (Lipinski definition) is 0. The highest BCUT2D eigenvalue weighted by Gasteiger charge is 2.05. The van der Waals surface area contributed by atoms with E-state index in [0.717, 1.165) is 10.4 Å². The molecule has 15 heavy (non-hydrogen) atoms. The number of aromatic nitrogens is 2. The highest BCUT2D eigenvalue weighted by atomic mass is 32.1. The van der Waals surface area contributed by atoms with Crippen molar-refractivity contribution < 1.29 is 4.39 Å². The number of thiophene rings is 1. The van der Waals surface area contributed by atoms with Crippen molar-refractivity contribution in [2.45, 2.75) is 6.92 Å². The van der Waals surface area contributed by atoms with Gasteiger partial charge in [0, 0.05) is 22.8 Å². The summed E-state index contributed by atoms with van der Waals surface area (Å²) in [5.74, 6) is -0.192. The van der Waals surface area contributed by atoms with Crippen LogP contribution in [0.3, 0.4) is 0 Å². The molecule has 0 radical (unpaired) electrons. The van der Waals surface area contributed by atoms with Gasteiger partial charge in [-0.3, -0.25) is 0 Å². The summed E-state index contributed by atoms with van der Waals surface area (Å²) in [6, 6.07) is 3.64. The molecule has 76 valence electrons. The van der Waals surface area contributed by atoms with Crippen LogP contribution in [0.15, 0.2) is 36.9 Å². The molecule has 0 spiro atoms. The molecule has 2 rings (SSSR count). The van der Waals surface area contributed by atoms with Crippen molar-refractivity contribution in [3.63, 3.8) is 0 Å². The minimum Gasteiger partial charge on any atom is -0.244 e. The van der Waals surface area contributed by atoms with Gasteiger partial charge in [0.05, 0.1) is 4.88 Å². The largest absolute Gasteiger partial charge is 0.244 e. The molecule has 0 aromatic carbocycles. The van der Waals surface area contributed by atoms with Crippen molar-refractivity contribution in [2.24, 2.45) is 0 Å². The highest BCUT2D eigenvalue weighted by molar-refractivity contribution is 7.16. The highest BCUT2D eigenvalue weighted by Crippen LogP contribution is 2.31. The lowest BCUT2D eigenvalue weighted by Crippen LogP contribution is -1.77. The Hall–Kier alpha value is -1.55. The first-order chi connectivity index (χ1) is 7.31. The Labute approximate surface area is 91.1 Å². The molecule has 0 unspecified atom stereocenters. The molecule has 0 saturated heterocycles. The maximum absolute atomic E-state index is 13.2. The molecule has 0 bridgehead atoms. The topological polar surface area (TPSA) is 25.8 Å². The van der Waals surface area contributed by atoms with E-state index < -0.39 is 0 Å². The van der Waals surface area contributed by atoms with Crippen LogP contribution in [0, 0.1) is 0 Å². The number of allylic oxidation sites excluding steroid dienone is 1. The van der Waals surface area contributed by atoms with Gasteiger partial charge in [-0.15, -0.1) is 11.3 Å². The van der Waals surface area contributed by atoms with E-state index in [9.17, 15) is 4.39 Å². The lowest BCUT2D eigenvalue weighted by molar-refractivity contribution is 0.762. The van der Waals surface area contributed by atoms with E-state index in [-0.39, 0.29) is 5.83 Å². The van der Waals surface area contributed by atoms with Gasteiger partial charge in [-0.2, -0.15) is 0 Å². The summed E-state index contributed by atoms with van der Waals surface area (Å²) in [7, 11) is 0. The predicted octanol–water partition coefficient (Wildman–Crippen LogP) is 3.54. The van der Waals surface area contributed by atoms with E-state index in [1.54, 1.807) is 25.4 Å². The van der Waals surface area contributed by atoms with Crippen LogP contribution in [0.25, 0.3) is 16.3 Å². The van der Waals surface area contributed by atoms with E-state index >= 15 is 0 Å². The van der Waals surface area contributed by atoms with Gasteiger partial charge in [0.15, 0.2) is 0 Å². The van der Waals surface area contributed by atoms with Crippen LogP contribution >= 0.6 is 11.3 Å². The third-order valence-electron chi connectivity index (χ3n) is 1.94. The SMILES string of the molecule is C/C=C(/F)c1ccc(-c2cncnc2)s1. The summed E-state index contributed by atoms with van der Waals surface area (Å²) in [4.78, 5) is 9.46. The predicted molar refractivity (Wildman–Crippen MR) is 60.1 cm³/mol. The number of nitrogens with zero attached hydrogens (tertiary/aromatic N) is 2. The van der Waals surface area contributed by atoms with E-state index in [1.165, 1.54) is 23.7 Å². The molecule has 0 saturated carbocycles. The average Bonchev–Trinajstić information content (AvgIpc) is 2.78. The van der Waals surface area contributed by atoms with Crippen molar-refractivity contribution in [3.8, 4) is 10.4 Å². The standard InChI is InChI=1S/C11H9FN2S/c1-2-9(12)11-4-3-10(15-11)8-5-13-7-14-6-8/h2-7H,1H3/b9-2+. The first kappa shape index (κ1) is 9.98. The Kier molecular flexibility index (Phi) is 2.87. The number of rotatable bonds is 2. The fourth-order valence-electron chi connectivity index (χ4n) is 1.19. The Morgan fingerprint density at radius 3 is 2.73 bits per heavy atom. The van der Waals surface area contributed by atoms with Crippen LogP contribution in [0.5, 0.6) is 0 Å². The van der Waals surface area contributed by atoms with Gasteiger partial charge in [0.25, 0.3) is 0 Å². The lowest BCUT2D eigenvalue weighted by atomic mass is 10.3. The third-order valence-corrected chi connectivity index (χ3v) is 3.08. The van der Waals surface area contributed by atoms with Gasteiger partial charge in [0.2, 0.25) is 0 Å². The van der Waals surface area contributed by atoms with Crippen molar-refractivity contribution >= 4 is 17.2 Å². The smallest absolute Gasteiger partial charge is 0.136 e. The van der Waals surface area contributed by atoms with Crippen LogP contribution in [-0.2, 0) is 0 Å². The molecule has 2 heterocycles. The molecule has 2 aromatic rings. The molecule has 0 aliphatic carbocycles. The molecule has 0 fully saturated rings. The average molecular weight is 220 g/mol. The lowest BCUT2D eigenvalue weighted by Gasteiger charge is -1.93. The molecule has 0 amide bonds. The summed E-state index contributed by atoms with van der Waals surface area (Å²) >= 11 is 1.40. The molecular formula is C11H9FN2S. The second-order valence-corrected chi connectivity index (χ2v) is 4.01. The van der Waals surface area contributed by atoms with Crippen LogP contribution in [0.4, 0.5) is 4.39 Å². The Balaban J connectivity index is 2.36. The van der Waals surface area contributed by atoms with Gasteiger partial charge in [-0.25, -0.2) is 14.4 Å². The van der Waals surface area contributed by atoms with Gasteiger partial charge in [-0.1, -0.05) is 6.08 Å².